The smallest absolute Gasteiger partial charge is 0.339 e. The Balaban J connectivity index is 1.64. The largest absolute Gasteiger partial charge is 0.483 e. The van der Waals surface area contributed by atoms with Crippen LogP contribution < -0.4 is 10.4 Å². The van der Waals surface area contributed by atoms with E-state index >= 15 is 0 Å². The Bertz CT molecular complexity index is 1760. The summed E-state index contributed by atoms with van der Waals surface area (Å²) in [7, 11) is 1.54. The van der Waals surface area contributed by atoms with Gasteiger partial charge in [0, 0.05) is 42.6 Å². The maximum atomic E-state index is 14.1. The van der Waals surface area contributed by atoms with Crippen LogP contribution >= 0.6 is 0 Å². The van der Waals surface area contributed by atoms with Crippen LogP contribution in [0.3, 0.4) is 0 Å². The summed E-state index contributed by atoms with van der Waals surface area (Å²) in [6.07, 6.45) is 1.99. The molecule has 0 amide bonds. The number of hydrogen-bond donors (Lipinski definition) is 1. The molecular weight excluding hydrogens is 636 g/mol. The van der Waals surface area contributed by atoms with E-state index in [0.717, 1.165) is 36.0 Å². The molecule has 0 fully saturated rings. The van der Waals surface area contributed by atoms with Gasteiger partial charge in [0.15, 0.2) is 12.2 Å². The second kappa shape index (κ2) is 15.9. The molecular formula is C41H52O9. The van der Waals surface area contributed by atoms with E-state index in [2.05, 4.69) is 38.1 Å². The number of hydrogen-bond acceptors (Lipinski definition) is 9. The third-order valence-corrected chi connectivity index (χ3v) is 9.99. The highest BCUT2D eigenvalue weighted by Gasteiger charge is 2.50. The van der Waals surface area contributed by atoms with Gasteiger partial charge in [0.2, 0.25) is 0 Å². The molecule has 270 valence electrons. The van der Waals surface area contributed by atoms with Crippen LogP contribution in [0.2, 0.25) is 0 Å². The summed E-state index contributed by atoms with van der Waals surface area (Å²) in [5.41, 5.74) is 2.85. The number of carbonyl (C=O) groups is 2. The lowest BCUT2D eigenvalue weighted by Gasteiger charge is -2.43. The minimum Gasteiger partial charge on any atom is -0.483 e. The number of esters is 2. The number of aliphatic hydroxyl groups excluding tert-OH is 1. The molecule has 6 rings (SSSR count). The van der Waals surface area contributed by atoms with Crippen LogP contribution in [0.1, 0.15) is 108 Å². The van der Waals surface area contributed by atoms with Gasteiger partial charge < -0.3 is 28.5 Å². The van der Waals surface area contributed by atoms with Crippen LogP contribution in [-0.4, -0.2) is 49.1 Å². The highest BCUT2D eigenvalue weighted by molar-refractivity contribution is 5.90. The van der Waals surface area contributed by atoms with Gasteiger partial charge in [-0.05, 0) is 101 Å². The molecule has 4 atom stereocenters. The fraction of sp³-hybridized carbons (Fsp3) is 0.537. The van der Waals surface area contributed by atoms with Gasteiger partial charge in [0.25, 0.3) is 0 Å². The molecule has 9 nitrogen and oxygen atoms in total. The Hall–Kier alpha value is -3.95. The van der Waals surface area contributed by atoms with Crippen LogP contribution in [-0.2, 0) is 36.6 Å². The Morgan fingerprint density at radius 3 is 2.34 bits per heavy atom. The fourth-order valence-electron chi connectivity index (χ4n) is 7.17. The van der Waals surface area contributed by atoms with Gasteiger partial charge in [-0.3, -0.25) is 4.79 Å². The Kier molecular flexibility index (Phi) is 11.9. The van der Waals surface area contributed by atoms with E-state index in [1.165, 1.54) is 0 Å². The monoisotopic (exact) mass is 688 g/mol. The molecule has 9 heteroatoms. The van der Waals surface area contributed by atoms with E-state index in [1.54, 1.807) is 39.2 Å². The second-order valence-electron chi connectivity index (χ2n) is 15.0. The number of aliphatic hydroxyl groups is 1. The second-order valence-corrected chi connectivity index (χ2v) is 15.0. The Labute approximate surface area is 294 Å². The van der Waals surface area contributed by atoms with Crippen LogP contribution in [0.5, 0.6) is 5.75 Å². The van der Waals surface area contributed by atoms with E-state index in [4.69, 9.17) is 23.4 Å². The molecule has 0 saturated carbocycles. The number of allylic oxidation sites excluding steroid dienone is 1. The topological polar surface area (TPSA) is 122 Å². The van der Waals surface area contributed by atoms with Crippen LogP contribution in [0.4, 0.5) is 0 Å². The third-order valence-electron chi connectivity index (χ3n) is 9.99. The third kappa shape index (κ3) is 8.49. The van der Waals surface area contributed by atoms with Crippen LogP contribution in [0.15, 0.2) is 62.8 Å². The minimum atomic E-state index is -1.12. The van der Waals surface area contributed by atoms with Gasteiger partial charge in [0.1, 0.15) is 16.9 Å². The molecule has 3 aromatic rings. The molecule has 2 bridgehead atoms. The van der Waals surface area contributed by atoms with Gasteiger partial charge in [-0.1, -0.05) is 50.1 Å². The first-order chi connectivity index (χ1) is 23.8. The van der Waals surface area contributed by atoms with Gasteiger partial charge in [-0.25, -0.2) is 9.59 Å². The van der Waals surface area contributed by atoms with E-state index in [9.17, 15) is 19.5 Å². The number of methoxy groups -OCH3 is 1. The standard InChI is InChI=1S/C41H52O9/c1-24(2)8-9-28-20-27-12-10-26(11-13-27)14-16-31(25(3)4)39(44)49-38-37(47-34(43)21-28)35-33(50-41(38,5)6)17-15-29-22-32(40(45)48-36(29)35)30(18-19-42)23-46-7/h10-13,15,17,22,24,28,30,37-38,42H,8-9,14,16,18-21,23H2,1-7H3/t28-,30+,37+,38-/m0/s1. The number of fused-ring (bicyclic) bond motifs is 13. The van der Waals surface area contributed by atoms with Crippen molar-refractivity contribution in [2.24, 2.45) is 11.8 Å². The van der Waals surface area contributed by atoms with Crippen molar-refractivity contribution in [3.05, 3.63) is 86.3 Å². The summed E-state index contributed by atoms with van der Waals surface area (Å²) >= 11 is 0. The fourth-order valence-corrected chi connectivity index (χ4v) is 7.17. The molecule has 50 heavy (non-hydrogen) atoms. The van der Waals surface area contributed by atoms with Crippen molar-refractivity contribution in [1.29, 1.82) is 0 Å². The highest BCUT2D eigenvalue weighted by atomic mass is 16.6. The number of benzene rings is 2. The minimum absolute atomic E-state index is 0.0338. The van der Waals surface area contributed by atoms with Gasteiger partial charge in [-0.15, -0.1) is 0 Å². The van der Waals surface area contributed by atoms with Crippen molar-refractivity contribution in [3.63, 3.8) is 0 Å². The number of aryl methyl sites for hydroxylation is 1. The van der Waals surface area contributed by atoms with Crippen molar-refractivity contribution >= 4 is 22.9 Å². The molecule has 3 aliphatic heterocycles. The van der Waals surface area contributed by atoms with E-state index < -0.39 is 35.4 Å². The molecule has 1 aromatic heterocycles. The van der Waals surface area contributed by atoms with Crippen molar-refractivity contribution < 1.29 is 38.1 Å². The summed E-state index contributed by atoms with van der Waals surface area (Å²) < 4.78 is 30.6. The molecule has 0 spiro atoms. The quantitative estimate of drug-likeness (QED) is 0.145. The van der Waals surface area contributed by atoms with Crippen molar-refractivity contribution in [3.8, 4) is 5.75 Å². The summed E-state index contributed by atoms with van der Waals surface area (Å²) in [6.45, 7) is 11.8. The zero-order chi connectivity index (χ0) is 36.2. The normalized spacial score (nSPS) is 21.6. The van der Waals surface area contributed by atoms with E-state index in [0.29, 0.717) is 53.0 Å². The Morgan fingerprint density at radius 2 is 1.68 bits per heavy atom. The Morgan fingerprint density at radius 1 is 0.960 bits per heavy atom. The number of carbonyl (C=O) groups excluding carboxylic acids is 2. The molecule has 2 aromatic carbocycles. The summed E-state index contributed by atoms with van der Waals surface area (Å²) in [6, 6.07) is 13.7. The first-order valence-electron chi connectivity index (χ1n) is 17.8. The molecule has 1 N–H and O–H groups in total. The molecule has 0 unspecified atom stereocenters. The molecule has 3 aliphatic rings. The van der Waals surface area contributed by atoms with Gasteiger partial charge >= 0.3 is 17.6 Å². The van der Waals surface area contributed by atoms with Crippen molar-refractivity contribution in [1.82, 2.24) is 0 Å². The van der Waals surface area contributed by atoms with Crippen molar-refractivity contribution in [2.75, 3.05) is 20.3 Å². The molecule has 0 saturated heterocycles. The molecule has 0 aliphatic carbocycles. The van der Waals surface area contributed by atoms with Crippen molar-refractivity contribution in [2.45, 2.75) is 110 Å². The lowest BCUT2D eigenvalue weighted by atomic mass is 9.86. The lowest BCUT2D eigenvalue weighted by Crippen LogP contribution is -2.52. The summed E-state index contributed by atoms with van der Waals surface area (Å²) in [4.78, 5) is 41.6. The molecule has 4 heterocycles. The molecule has 0 radical (unpaired) electrons. The summed E-state index contributed by atoms with van der Waals surface area (Å²) in [5.74, 6) is -0.437. The van der Waals surface area contributed by atoms with Crippen LogP contribution in [0, 0.1) is 11.8 Å². The zero-order valence-electron chi connectivity index (χ0n) is 30.5. The van der Waals surface area contributed by atoms with E-state index in [1.807, 2.05) is 13.8 Å². The highest BCUT2D eigenvalue weighted by Crippen LogP contribution is 2.47. The lowest BCUT2D eigenvalue weighted by molar-refractivity contribution is -0.188. The zero-order valence-corrected chi connectivity index (χ0v) is 30.5. The van der Waals surface area contributed by atoms with E-state index in [-0.39, 0.29) is 37.1 Å². The average Bonchev–Trinajstić information content (AvgIpc) is 3.04. The number of ether oxygens (including phenoxy) is 4. The van der Waals surface area contributed by atoms with Crippen LogP contribution in [0.25, 0.3) is 11.0 Å². The van der Waals surface area contributed by atoms with Gasteiger partial charge in [-0.2, -0.15) is 0 Å². The maximum Gasteiger partial charge on any atom is 0.339 e. The van der Waals surface area contributed by atoms with Gasteiger partial charge in [0.05, 0.1) is 12.2 Å². The average molecular weight is 689 g/mol. The first-order valence-corrected chi connectivity index (χ1v) is 17.8. The number of rotatable bonds is 8. The predicted molar refractivity (Wildman–Crippen MR) is 191 cm³/mol. The first kappa shape index (κ1) is 37.3. The SMILES string of the molecule is COC[C@@H](CCO)c1cc2ccc3c(c2oc1=O)[C@H]1OC(=O)C[C@@H](CCC(C)C)Cc2ccc(cc2)CCC(=C(C)C)C(=O)O[C@@H]1C(C)(C)O3. The predicted octanol–water partition coefficient (Wildman–Crippen LogP) is 7.54. The summed E-state index contributed by atoms with van der Waals surface area (Å²) in [5, 5.41) is 10.2. The maximum absolute atomic E-state index is 14.1.